The Hall–Kier alpha value is -2.09. The molecule has 0 aliphatic heterocycles. The molecule has 0 saturated heterocycles. The van der Waals surface area contributed by atoms with Gasteiger partial charge in [-0.15, -0.1) is 0 Å². The minimum Gasteiger partial charge on any atom is -0.356 e. The summed E-state index contributed by atoms with van der Waals surface area (Å²) in [5.41, 5.74) is 0.150. The van der Waals surface area contributed by atoms with Crippen LogP contribution in [0.5, 0.6) is 0 Å². The third-order valence-corrected chi connectivity index (χ3v) is 3.93. The highest BCUT2D eigenvalue weighted by Gasteiger charge is 2.32. The van der Waals surface area contributed by atoms with Crippen LogP contribution in [0.1, 0.15) is 17.7 Å². The van der Waals surface area contributed by atoms with Gasteiger partial charge in [0, 0.05) is 24.9 Å². The molecule has 0 aliphatic rings. The Morgan fingerprint density at radius 3 is 2.62 bits per heavy atom. The van der Waals surface area contributed by atoms with Crippen LogP contribution in [0.4, 0.5) is 13.2 Å². The normalized spacial score (nSPS) is 11.3. The van der Waals surface area contributed by atoms with Gasteiger partial charge in [0.05, 0.1) is 0 Å². The summed E-state index contributed by atoms with van der Waals surface area (Å²) in [6, 6.07) is 10.6. The van der Waals surface area contributed by atoms with Crippen LogP contribution in [-0.4, -0.2) is 28.2 Å². The van der Waals surface area contributed by atoms with Gasteiger partial charge in [0.25, 0.3) is 0 Å². The average Bonchev–Trinajstić information content (AvgIpc) is 2.55. The van der Waals surface area contributed by atoms with Crippen molar-refractivity contribution in [2.24, 2.45) is 0 Å². The minimum absolute atomic E-state index is 0.0157. The molecule has 0 aliphatic carbocycles. The van der Waals surface area contributed by atoms with Crippen molar-refractivity contribution in [2.75, 3.05) is 12.3 Å². The zero-order valence-corrected chi connectivity index (χ0v) is 13.5. The molecule has 1 aromatic heterocycles. The second-order valence-corrected chi connectivity index (χ2v) is 5.97. The third kappa shape index (κ3) is 6.19. The summed E-state index contributed by atoms with van der Waals surface area (Å²) >= 11 is 1.03. The van der Waals surface area contributed by atoms with E-state index in [0.717, 1.165) is 36.0 Å². The Labute approximate surface area is 141 Å². The first-order chi connectivity index (χ1) is 11.4. The number of rotatable bonds is 7. The lowest BCUT2D eigenvalue weighted by Gasteiger charge is -2.07. The number of hydrogen-bond acceptors (Lipinski definition) is 4. The number of benzene rings is 1. The largest absolute Gasteiger partial charge is 0.433 e. The van der Waals surface area contributed by atoms with Crippen LogP contribution in [0.25, 0.3) is 0 Å². The van der Waals surface area contributed by atoms with Crippen molar-refractivity contribution in [3.05, 3.63) is 53.9 Å². The third-order valence-electron chi connectivity index (χ3n) is 3.06. The number of carbonyl (C=O) groups is 1. The number of nitrogens with one attached hydrogen (secondary N) is 1. The summed E-state index contributed by atoms with van der Waals surface area (Å²) in [7, 11) is 0. The molecule has 0 atom stereocenters. The van der Waals surface area contributed by atoms with Crippen molar-refractivity contribution in [1.82, 2.24) is 15.3 Å². The predicted molar refractivity (Wildman–Crippen MR) is 85.5 cm³/mol. The van der Waals surface area contributed by atoms with E-state index >= 15 is 0 Å². The Balaban J connectivity index is 1.69. The van der Waals surface area contributed by atoms with Gasteiger partial charge >= 0.3 is 6.18 Å². The highest BCUT2D eigenvalue weighted by molar-refractivity contribution is 7.99. The smallest absolute Gasteiger partial charge is 0.356 e. The lowest BCUT2D eigenvalue weighted by molar-refractivity contribution is -0.141. The number of hydrogen-bond donors (Lipinski definition) is 1. The predicted octanol–water partition coefficient (Wildman–Crippen LogP) is 3.34. The van der Waals surface area contributed by atoms with Crippen molar-refractivity contribution >= 4 is 17.7 Å². The highest BCUT2D eigenvalue weighted by Crippen LogP contribution is 2.28. The fourth-order valence-corrected chi connectivity index (χ4v) is 2.65. The number of carbonyl (C=O) groups excluding carboxylic acids is 1. The number of halogens is 3. The zero-order valence-electron chi connectivity index (χ0n) is 12.7. The second-order valence-electron chi connectivity index (χ2n) is 4.91. The van der Waals surface area contributed by atoms with E-state index in [1.807, 2.05) is 30.3 Å². The molecule has 24 heavy (non-hydrogen) atoms. The maximum atomic E-state index is 12.5. The van der Waals surface area contributed by atoms with E-state index in [2.05, 4.69) is 15.3 Å². The zero-order chi connectivity index (χ0) is 17.4. The molecule has 0 unspecified atom stereocenters. The van der Waals surface area contributed by atoms with Gasteiger partial charge in [0.2, 0.25) is 5.91 Å². The molecular weight excluding hydrogens is 339 g/mol. The number of aromatic nitrogens is 2. The fraction of sp³-hybridized carbons (Fsp3) is 0.312. The maximum absolute atomic E-state index is 12.5. The Morgan fingerprint density at radius 2 is 1.92 bits per heavy atom. The SMILES string of the molecule is O=C(CCSc1nccc(C(F)(F)F)n1)NCCc1ccccc1. The molecule has 4 nitrogen and oxygen atoms in total. The molecule has 0 fully saturated rings. The topological polar surface area (TPSA) is 54.9 Å². The number of thioether (sulfide) groups is 1. The summed E-state index contributed by atoms with van der Waals surface area (Å²) in [5.74, 6) is 0.170. The van der Waals surface area contributed by atoms with Crippen LogP contribution in [0.15, 0.2) is 47.8 Å². The molecular formula is C16H16F3N3OS. The molecule has 128 valence electrons. The van der Waals surface area contributed by atoms with Crippen LogP contribution in [-0.2, 0) is 17.4 Å². The minimum atomic E-state index is -4.49. The molecule has 1 heterocycles. The average molecular weight is 355 g/mol. The first-order valence-corrected chi connectivity index (χ1v) is 8.27. The fourth-order valence-electron chi connectivity index (χ4n) is 1.88. The van der Waals surface area contributed by atoms with Crippen molar-refractivity contribution in [2.45, 2.75) is 24.2 Å². The second kappa shape index (κ2) is 8.68. The standard InChI is InChI=1S/C16H16F3N3OS/c17-16(18,19)13-7-10-21-15(22-13)24-11-8-14(23)20-9-6-12-4-2-1-3-5-12/h1-5,7,10H,6,8-9,11H2,(H,20,23). The van der Waals surface area contributed by atoms with E-state index in [1.165, 1.54) is 0 Å². The Morgan fingerprint density at radius 1 is 1.17 bits per heavy atom. The van der Waals surface area contributed by atoms with Gasteiger partial charge in [-0.25, -0.2) is 9.97 Å². The summed E-state index contributed by atoms with van der Waals surface area (Å²) < 4.78 is 37.6. The first-order valence-electron chi connectivity index (χ1n) is 7.29. The van der Waals surface area contributed by atoms with Gasteiger partial charge in [-0.1, -0.05) is 42.1 Å². The lowest BCUT2D eigenvalue weighted by atomic mass is 10.1. The van der Waals surface area contributed by atoms with Crippen LogP contribution in [0.2, 0.25) is 0 Å². The van der Waals surface area contributed by atoms with Gasteiger partial charge in [-0.05, 0) is 18.1 Å². The van der Waals surface area contributed by atoms with Crippen molar-refractivity contribution < 1.29 is 18.0 Å². The molecule has 1 aromatic carbocycles. The molecule has 2 aromatic rings. The quantitative estimate of drug-likeness (QED) is 0.611. The summed E-state index contributed by atoms with van der Waals surface area (Å²) in [6.45, 7) is 0.521. The van der Waals surface area contributed by atoms with E-state index < -0.39 is 11.9 Å². The molecule has 0 saturated carbocycles. The van der Waals surface area contributed by atoms with Gasteiger partial charge < -0.3 is 5.32 Å². The molecule has 1 amide bonds. The van der Waals surface area contributed by atoms with Crippen molar-refractivity contribution in [3.8, 4) is 0 Å². The van der Waals surface area contributed by atoms with Crippen molar-refractivity contribution in [3.63, 3.8) is 0 Å². The molecule has 2 rings (SSSR count). The summed E-state index contributed by atoms with van der Waals surface area (Å²) in [5, 5.41) is 2.80. The summed E-state index contributed by atoms with van der Waals surface area (Å²) in [6.07, 6.45) is -2.50. The van der Waals surface area contributed by atoms with Gasteiger partial charge in [-0.3, -0.25) is 4.79 Å². The van der Waals surface area contributed by atoms with Crippen LogP contribution in [0.3, 0.4) is 0 Å². The van der Waals surface area contributed by atoms with E-state index in [-0.39, 0.29) is 17.5 Å². The molecule has 0 spiro atoms. The lowest BCUT2D eigenvalue weighted by Crippen LogP contribution is -2.25. The molecule has 1 N–H and O–H groups in total. The Bertz CT molecular complexity index is 665. The van der Waals surface area contributed by atoms with Crippen LogP contribution in [0, 0.1) is 0 Å². The van der Waals surface area contributed by atoms with E-state index in [0.29, 0.717) is 12.3 Å². The van der Waals surface area contributed by atoms with E-state index in [4.69, 9.17) is 0 Å². The van der Waals surface area contributed by atoms with Gasteiger partial charge in [0.15, 0.2) is 5.16 Å². The number of amides is 1. The molecule has 0 bridgehead atoms. The Kier molecular flexibility index (Phi) is 6.60. The van der Waals surface area contributed by atoms with Crippen LogP contribution < -0.4 is 5.32 Å². The monoisotopic (exact) mass is 355 g/mol. The molecule has 0 radical (unpaired) electrons. The summed E-state index contributed by atoms with van der Waals surface area (Å²) in [4.78, 5) is 18.9. The first kappa shape index (κ1) is 18.3. The van der Waals surface area contributed by atoms with Gasteiger partial charge in [-0.2, -0.15) is 13.2 Å². The van der Waals surface area contributed by atoms with E-state index in [1.54, 1.807) is 0 Å². The number of nitrogens with zero attached hydrogens (tertiary/aromatic N) is 2. The van der Waals surface area contributed by atoms with Gasteiger partial charge in [0.1, 0.15) is 5.69 Å². The molecule has 8 heteroatoms. The maximum Gasteiger partial charge on any atom is 0.433 e. The highest BCUT2D eigenvalue weighted by atomic mass is 32.2. The number of alkyl halides is 3. The van der Waals surface area contributed by atoms with E-state index in [9.17, 15) is 18.0 Å². The van der Waals surface area contributed by atoms with Crippen molar-refractivity contribution in [1.29, 1.82) is 0 Å². The van der Waals surface area contributed by atoms with Crippen LogP contribution >= 0.6 is 11.8 Å².